The fourth-order valence-corrected chi connectivity index (χ4v) is 3.61. The molecule has 1 saturated heterocycles. The largest absolute Gasteiger partial charge is 0.493 e. The third-order valence-electron chi connectivity index (χ3n) is 5.07. The highest BCUT2D eigenvalue weighted by molar-refractivity contribution is 5.76. The first-order chi connectivity index (χ1) is 13.6. The van der Waals surface area contributed by atoms with E-state index in [1.54, 1.807) is 7.11 Å². The molecule has 2 aromatic rings. The first-order valence-corrected chi connectivity index (χ1v) is 9.94. The van der Waals surface area contributed by atoms with E-state index in [1.807, 2.05) is 24.0 Å². The highest BCUT2D eigenvalue weighted by Crippen LogP contribution is 2.28. The van der Waals surface area contributed by atoms with Crippen LogP contribution in [-0.4, -0.2) is 49.1 Å². The summed E-state index contributed by atoms with van der Waals surface area (Å²) in [5.41, 5.74) is 3.59. The second kappa shape index (κ2) is 9.60. The second-order valence-electron chi connectivity index (χ2n) is 7.25. The van der Waals surface area contributed by atoms with Crippen LogP contribution >= 0.6 is 0 Å². The summed E-state index contributed by atoms with van der Waals surface area (Å²) < 4.78 is 11.1. The number of methoxy groups -OCH3 is 1. The average molecular weight is 383 g/mol. The van der Waals surface area contributed by atoms with E-state index in [9.17, 15) is 4.79 Å². The molecule has 0 unspecified atom stereocenters. The molecule has 0 N–H and O–H groups in total. The quantitative estimate of drug-likeness (QED) is 0.733. The molecule has 0 spiro atoms. The Labute approximate surface area is 167 Å². The number of ether oxygens (including phenoxy) is 2. The van der Waals surface area contributed by atoms with Crippen LogP contribution < -0.4 is 9.47 Å². The topological polar surface area (TPSA) is 42.0 Å². The van der Waals surface area contributed by atoms with Gasteiger partial charge in [-0.15, -0.1) is 0 Å². The maximum atomic E-state index is 12.6. The number of aryl methyl sites for hydroxylation is 1. The number of amides is 1. The molecule has 0 atom stereocenters. The van der Waals surface area contributed by atoms with Crippen molar-refractivity contribution in [1.82, 2.24) is 9.80 Å². The first kappa shape index (κ1) is 20.2. The van der Waals surface area contributed by atoms with E-state index >= 15 is 0 Å². The molecule has 3 rings (SSSR count). The van der Waals surface area contributed by atoms with Crippen molar-refractivity contribution in [3.05, 3.63) is 59.2 Å². The minimum absolute atomic E-state index is 0.230. The summed E-state index contributed by atoms with van der Waals surface area (Å²) in [6, 6.07) is 14.4. The van der Waals surface area contributed by atoms with Crippen molar-refractivity contribution in [2.75, 3.05) is 33.4 Å². The van der Waals surface area contributed by atoms with Crippen LogP contribution in [0.2, 0.25) is 0 Å². The Morgan fingerprint density at radius 3 is 2.54 bits per heavy atom. The van der Waals surface area contributed by atoms with Crippen molar-refractivity contribution in [2.24, 2.45) is 0 Å². The second-order valence-corrected chi connectivity index (χ2v) is 7.25. The number of nitrogens with zero attached hydrogens (tertiary/aromatic N) is 2. The van der Waals surface area contributed by atoms with Gasteiger partial charge in [0.15, 0.2) is 11.5 Å². The van der Waals surface area contributed by atoms with Gasteiger partial charge < -0.3 is 14.4 Å². The SMILES string of the molecule is CCOc1cc(CN2CCC(=O)N(Cc3cccc(C)c3)CC2)ccc1OC. The Balaban J connectivity index is 1.63. The Morgan fingerprint density at radius 1 is 0.964 bits per heavy atom. The minimum atomic E-state index is 0.230. The van der Waals surface area contributed by atoms with E-state index in [0.29, 0.717) is 19.6 Å². The van der Waals surface area contributed by atoms with Gasteiger partial charge in [0.25, 0.3) is 0 Å². The van der Waals surface area contributed by atoms with Gasteiger partial charge in [-0.2, -0.15) is 0 Å². The average Bonchev–Trinajstić information content (AvgIpc) is 2.85. The van der Waals surface area contributed by atoms with Crippen molar-refractivity contribution in [1.29, 1.82) is 0 Å². The van der Waals surface area contributed by atoms with E-state index in [-0.39, 0.29) is 5.91 Å². The van der Waals surface area contributed by atoms with E-state index in [0.717, 1.165) is 37.7 Å². The Hall–Kier alpha value is -2.53. The molecule has 0 saturated carbocycles. The fraction of sp³-hybridized carbons (Fsp3) is 0.435. The highest BCUT2D eigenvalue weighted by Gasteiger charge is 2.21. The molecule has 150 valence electrons. The van der Waals surface area contributed by atoms with Crippen molar-refractivity contribution >= 4 is 5.91 Å². The number of carbonyl (C=O) groups excluding carboxylic acids is 1. The summed E-state index contributed by atoms with van der Waals surface area (Å²) in [6.45, 7) is 8.54. The molecule has 5 nitrogen and oxygen atoms in total. The summed E-state index contributed by atoms with van der Waals surface area (Å²) in [5.74, 6) is 1.75. The van der Waals surface area contributed by atoms with Crippen LogP contribution in [0.15, 0.2) is 42.5 Å². The summed E-state index contributed by atoms with van der Waals surface area (Å²) in [7, 11) is 1.65. The standard InChI is InChI=1S/C23H30N2O3/c1-4-28-22-15-20(8-9-21(22)27-3)16-24-11-10-23(26)25(13-12-24)17-19-7-5-6-18(2)14-19/h5-9,14-15H,4,10-13,16-17H2,1-3H3. The van der Waals surface area contributed by atoms with Crippen molar-refractivity contribution in [3.63, 3.8) is 0 Å². The van der Waals surface area contributed by atoms with Crippen LogP contribution in [-0.2, 0) is 17.9 Å². The highest BCUT2D eigenvalue weighted by atomic mass is 16.5. The summed E-state index contributed by atoms with van der Waals surface area (Å²) in [4.78, 5) is 16.9. The molecule has 1 heterocycles. The van der Waals surface area contributed by atoms with Gasteiger partial charge in [0.1, 0.15) is 0 Å². The molecule has 1 fully saturated rings. The lowest BCUT2D eigenvalue weighted by Gasteiger charge is -2.22. The monoisotopic (exact) mass is 382 g/mol. The van der Waals surface area contributed by atoms with Crippen molar-refractivity contribution in [3.8, 4) is 11.5 Å². The smallest absolute Gasteiger partial charge is 0.224 e. The van der Waals surface area contributed by atoms with E-state index < -0.39 is 0 Å². The van der Waals surface area contributed by atoms with Crippen molar-refractivity contribution < 1.29 is 14.3 Å². The predicted octanol–water partition coefficient (Wildman–Crippen LogP) is 3.64. The lowest BCUT2D eigenvalue weighted by atomic mass is 10.1. The zero-order valence-corrected chi connectivity index (χ0v) is 17.1. The van der Waals surface area contributed by atoms with Gasteiger partial charge in [0.05, 0.1) is 13.7 Å². The predicted molar refractivity (Wildman–Crippen MR) is 111 cm³/mol. The fourth-order valence-electron chi connectivity index (χ4n) is 3.61. The molecule has 28 heavy (non-hydrogen) atoms. The number of hydrogen-bond acceptors (Lipinski definition) is 4. The maximum absolute atomic E-state index is 12.6. The zero-order valence-electron chi connectivity index (χ0n) is 17.1. The van der Waals surface area contributed by atoms with Crippen LogP contribution in [0, 0.1) is 6.92 Å². The lowest BCUT2D eigenvalue weighted by molar-refractivity contribution is -0.130. The lowest BCUT2D eigenvalue weighted by Crippen LogP contribution is -2.32. The minimum Gasteiger partial charge on any atom is -0.493 e. The summed E-state index contributed by atoms with van der Waals surface area (Å²) >= 11 is 0. The van der Waals surface area contributed by atoms with E-state index in [2.05, 4.69) is 42.2 Å². The van der Waals surface area contributed by atoms with Gasteiger partial charge in [0.2, 0.25) is 5.91 Å². The molecular formula is C23H30N2O3. The number of hydrogen-bond donors (Lipinski definition) is 0. The van der Waals surface area contributed by atoms with Gasteiger partial charge >= 0.3 is 0 Å². The van der Waals surface area contributed by atoms with Gasteiger partial charge in [-0.1, -0.05) is 35.9 Å². The molecular weight excluding hydrogens is 352 g/mol. The Bertz CT molecular complexity index is 806. The van der Waals surface area contributed by atoms with E-state index in [4.69, 9.17) is 9.47 Å². The Kier molecular flexibility index (Phi) is 6.93. The van der Waals surface area contributed by atoms with Crippen LogP contribution in [0.4, 0.5) is 0 Å². The number of carbonyl (C=O) groups is 1. The van der Waals surface area contributed by atoms with Crippen LogP contribution in [0.5, 0.6) is 11.5 Å². The number of benzene rings is 2. The third kappa shape index (κ3) is 5.26. The maximum Gasteiger partial charge on any atom is 0.224 e. The summed E-state index contributed by atoms with van der Waals surface area (Å²) in [5, 5.41) is 0. The van der Waals surface area contributed by atoms with Crippen LogP contribution in [0.3, 0.4) is 0 Å². The van der Waals surface area contributed by atoms with Gasteiger partial charge in [0, 0.05) is 39.1 Å². The molecule has 0 bridgehead atoms. The molecule has 1 amide bonds. The van der Waals surface area contributed by atoms with Gasteiger partial charge in [-0.05, 0) is 37.1 Å². The molecule has 0 aromatic heterocycles. The molecule has 2 aromatic carbocycles. The first-order valence-electron chi connectivity index (χ1n) is 9.94. The summed E-state index contributed by atoms with van der Waals surface area (Å²) in [6.07, 6.45) is 0.556. The molecule has 1 aliphatic heterocycles. The zero-order chi connectivity index (χ0) is 19.9. The number of rotatable bonds is 7. The molecule has 0 radical (unpaired) electrons. The van der Waals surface area contributed by atoms with Crippen LogP contribution in [0.1, 0.15) is 30.0 Å². The van der Waals surface area contributed by atoms with E-state index in [1.165, 1.54) is 16.7 Å². The van der Waals surface area contributed by atoms with Crippen LogP contribution in [0.25, 0.3) is 0 Å². The molecule has 0 aliphatic carbocycles. The molecule has 5 heteroatoms. The Morgan fingerprint density at radius 2 is 1.79 bits per heavy atom. The van der Waals surface area contributed by atoms with Gasteiger partial charge in [-0.25, -0.2) is 0 Å². The normalized spacial score (nSPS) is 15.4. The molecule has 1 aliphatic rings. The third-order valence-corrected chi connectivity index (χ3v) is 5.07. The van der Waals surface area contributed by atoms with Gasteiger partial charge in [-0.3, -0.25) is 9.69 Å². The van der Waals surface area contributed by atoms with Crippen molar-refractivity contribution in [2.45, 2.75) is 33.4 Å².